The van der Waals surface area contributed by atoms with Crippen molar-refractivity contribution in [2.75, 3.05) is 0 Å². The molecule has 0 aliphatic rings. The molecule has 2 rings (SSSR count). The van der Waals surface area contributed by atoms with Gasteiger partial charge in [-0.3, -0.25) is 0 Å². The summed E-state index contributed by atoms with van der Waals surface area (Å²) in [5.74, 6) is -0.144. The number of benzene rings is 2. The third-order valence-electron chi connectivity index (χ3n) is 2.75. The van der Waals surface area contributed by atoms with Crippen LogP contribution in [0.1, 0.15) is 5.56 Å². The predicted octanol–water partition coefficient (Wildman–Crippen LogP) is 5.17. The molecule has 0 saturated carbocycles. The van der Waals surface area contributed by atoms with Crippen LogP contribution in [0.5, 0.6) is 5.75 Å². The topological polar surface area (TPSA) is 9.23 Å². The Bertz CT molecular complexity index is 565. The lowest BCUT2D eigenvalue weighted by Crippen LogP contribution is -2.32. The van der Waals surface area contributed by atoms with Crippen molar-refractivity contribution in [3.8, 4) is 16.9 Å². The highest BCUT2D eigenvalue weighted by Crippen LogP contribution is 2.30. The van der Waals surface area contributed by atoms with Gasteiger partial charge in [0.25, 0.3) is 5.63 Å². The van der Waals surface area contributed by atoms with Crippen LogP contribution < -0.4 is 4.74 Å². The summed E-state index contributed by atoms with van der Waals surface area (Å²) in [6.07, 6.45) is -4.05. The summed E-state index contributed by atoms with van der Waals surface area (Å²) >= 11 is 4.72. The zero-order chi connectivity index (χ0) is 14.8. The summed E-state index contributed by atoms with van der Waals surface area (Å²) in [5, 5.41) is 0. The minimum Gasteiger partial charge on any atom is -0.429 e. The van der Waals surface area contributed by atoms with E-state index in [2.05, 4.69) is 4.74 Å². The smallest absolute Gasteiger partial charge is 0.429 e. The highest BCUT2D eigenvalue weighted by atomic mass is 35.5. The molecule has 1 nitrogen and oxygen atoms in total. The van der Waals surface area contributed by atoms with Crippen molar-refractivity contribution >= 4 is 11.6 Å². The van der Waals surface area contributed by atoms with E-state index < -0.39 is 11.7 Å². The molecule has 1 atom stereocenters. The molecule has 106 valence electrons. The van der Waals surface area contributed by atoms with Crippen molar-refractivity contribution < 1.29 is 17.9 Å². The molecule has 0 fully saturated rings. The van der Waals surface area contributed by atoms with Gasteiger partial charge in [0.05, 0.1) is 0 Å². The Morgan fingerprint density at radius 1 is 0.950 bits per heavy atom. The Labute approximate surface area is 119 Å². The van der Waals surface area contributed by atoms with Gasteiger partial charge < -0.3 is 4.74 Å². The number of halogens is 4. The van der Waals surface area contributed by atoms with E-state index in [0.717, 1.165) is 16.7 Å². The molecule has 5 heteroatoms. The third kappa shape index (κ3) is 3.45. The van der Waals surface area contributed by atoms with Crippen LogP contribution in [-0.4, -0.2) is 11.7 Å². The van der Waals surface area contributed by atoms with E-state index in [1.807, 2.05) is 31.2 Å². The Hall–Kier alpha value is -1.68. The quantitative estimate of drug-likeness (QED) is 0.708. The highest BCUT2D eigenvalue weighted by molar-refractivity contribution is 6.20. The molecule has 0 spiro atoms. The molecule has 1 unspecified atom stereocenters. The molecule has 0 heterocycles. The first kappa shape index (κ1) is 14.7. The molecule has 0 aliphatic heterocycles. The minimum atomic E-state index is -4.05. The van der Waals surface area contributed by atoms with Crippen molar-refractivity contribution in [2.45, 2.75) is 18.7 Å². The largest absolute Gasteiger partial charge is 0.444 e. The summed E-state index contributed by atoms with van der Waals surface area (Å²) < 4.78 is 42.6. The second kappa shape index (κ2) is 5.75. The zero-order valence-electron chi connectivity index (χ0n) is 10.6. The van der Waals surface area contributed by atoms with Crippen LogP contribution in [-0.2, 0) is 0 Å². The van der Waals surface area contributed by atoms with E-state index in [9.17, 15) is 13.2 Å². The van der Waals surface area contributed by atoms with E-state index in [1.165, 1.54) is 12.1 Å². The van der Waals surface area contributed by atoms with E-state index in [1.54, 1.807) is 12.1 Å². The van der Waals surface area contributed by atoms with E-state index >= 15 is 0 Å². The molecule has 0 saturated heterocycles. The summed E-state index contributed by atoms with van der Waals surface area (Å²) in [6.45, 7) is 1.97. The molecular formula is C15H12ClF3O. The van der Waals surface area contributed by atoms with Crippen molar-refractivity contribution in [1.82, 2.24) is 0 Å². The lowest BCUT2D eigenvalue weighted by atomic mass is 10.0. The first-order valence-electron chi connectivity index (χ1n) is 5.90. The lowest BCUT2D eigenvalue weighted by Gasteiger charge is -2.17. The fraction of sp³-hybridized carbons (Fsp3) is 0.200. The van der Waals surface area contributed by atoms with Gasteiger partial charge in [0.1, 0.15) is 5.75 Å². The van der Waals surface area contributed by atoms with Gasteiger partial charge >= 0.3 is 6.11 Å². The normalized spacial score (nSPS) is 13.1. The number of aryl methyl sites for hydroxylation is 1. The Morgan fingerprint density at radius 2 is 1.40 bits per heavy atom. The van der Waals surface area contributed by atoms with Crippen LogP contribution in [0.25, 0.3) is 11.1 Å². The van der Waals surface area contributed by atoms with Crippen molar-refractivity contribution in [2.24, 2.45) is 0 Å². The first-order chi connectivity index (χ1) is 9.38. The zero-order valence-corrected chi connectivity index (χ0v) is 11.4. The van der Waals surface area contributed by atoms with Gasteiger partial charge in [-0.1, -0.05) is 53.6 Å². The minimum absolute atomic E-state index is 0.144. The third-order valence-corrected chi connectivity index (χ3v) is 3.00. The number of hydrogen-bond acceptors (Lipinski definition) is 1. The van der Waals surface area contributed by atoms with E-state index in [4.69, 9.17) is 11.6 Å². The van der Waals surface area contributed by atoms with Gasteiger partial charge in [-0.25, -0.2) is 4.39 Å². The van der Waals surface area contributed by atoms with Crippen LogP contribution in [0.2, 0.25) is 0 Å². The molecule has 2 aromatic rings. The maximum absolute atomic E-state index is 13.0. The Balaban J connectivity index is 2.16. The Morgan fingerprint density at radius 3 is 1.85 bits per heavy atom. The van der Waals surface area contributed by atoms with Crippen molar-refractivity contribution in [3.05, 3.63) is 54.1 Å². The van der Waals surface area contributed by atoms with Gasteiger partial charge in [0, 0.05) is 0 Å². The molecule has 0 N–H and O–H groups in total. The molecule has 2 aromatic carbocycles. The van der Waals surface area contributed by atoms with Crippen LogP contribution in [0.15, 0.2) is 48.5 Å². The lowest BCUT2D eigenvalue weighted by molar-refractivity contribution is -0.199. The van der Waals surface area contributed by atoms with Gasteiger partial charge in [-0.2, -0.15) is 8.78 Å². The van der Waals surface area contributed by atoms with Crippen LogP contribution in [0.3, 0.4) is 0 Å². The van der Waals surface area contributed by atoms with Crippen molar-refractivity contribution in [1.29, 1.82) is 0 Å². The summed E-state index contributed by atoms with van der Waals surface area (Å²) in [6, 6.07) is 13.7. The number of hydrogen-bond donors (Lipinski definition) is 0. The first-order valence-corrected chi connectivity index (χ1v) is 6.34. The van der Waals surface area contributed by atoms with Gasteiger partial charge in [-0.15, -0.1) is 0 Å². The summed E-state index contributed by atoms with van der Waals surface area (Å²) in [4.78, 5) is 0. The number of ether oxygens (including phenoxy) is 1. The molecule has 0 amide bonds. The molecule has 0 aliphatic carbocycles. The molecule has 0 radical (unpaired) electrons. The SMILES string of the molecule is Cc1ccc(-c2ccc(OC(F)(F)C(F)Cl)cc2)cc1. The van der Waals surface area contributed by atoms with Crippen molar-refractivity contribution in [3.63, 3.8) is 0 Å². The standard InChI is InChI=1S/C15H12ClF3O/c1-10-2-4-11(5-3-10)12-6-8-13(9-7-12)20-15(18,19)14(16)17/h2-9,14H,1H3. The monoisotopic (exact) mass is 300 g/mol. The molecule has 0 aromatic heterocycles. The fourth-order valence-electron chi connectivity index (χ4n) is 1.66. The number of rotatable bonds is 4. The summed E-state index contributed by atoms with van der Waals surface area (Å²) in [5.41, 5.74) is 0.0432. The molecular weight excluding hydrogens is 289 g/mol. The number of alkyl halides is 4. The second-order valence-corrected chi connectivity index (χ2v) is 4.74. The van der Waals surface area contributed by atoms with Gasteiger partial charge in [-0.05, 0) is 30.2 Å². The maximum Gasteiger partial charge on any atom is 0.444 e. The molecule has 0 bridgehead atoms. The average molecular weight is 301 g/mol. The fourth-order valence-corrected chi connectivity index (χ4v) is 1.71. The Kier molecular flexibility index (Phi) is 4.23. The predicted molar refractivity (Wildman–Crippen MR) is 72.9 cm³/mol. The summed E-state index contributed by atoms with van der Waals surface area (Å²) in [7, 11) is 0. The van der Waals surface area contributed by atoms with Crippen LogP contribution in [0.4, 0.5) is 13.2 Å². The van der Waals surface area contributed by atoms with E-state index in [0.29, 0.717) is 0 Å². The highest BCUT2D eigenvalue weighted by Gasteiger charge is 2.42. The van der Waals surface area contributed by atoms with E-state index in [-0.39, 0.29) is 5.75 Å². The van der Waals surface area contributed by atoms with Crippen LogP contribution in [0, 0.1) is 6.92 Å². The average Bonchev–Trinajstić information content (AvgIpc) is 2.40. The molecule has 20 heavy (non-hydrogen) atoms. The van der Waals surface area contributed by atoms with Gasteiger partial charge in [0.2, 0.25) is 0 Å². The van der Waals surface area contributed by atoms with Gasteiger partial charge in [0.15, 0.2) is 0 Å². The van der Waals surface area contributed by atoms with Crippen LogP contribution >= 0.6 is 11.6 Å². The second-order valence-electron chi connectivity index (χ2n) is 4.35. The maximum atomic E-state index is 13.0.